The van der Waals surface area contributed by atoms with E-state index in [1.54, 1.807) is 0 Å². The molecule has 1 amide bonds. The second-order valence-corrected chi connectivity index (χ2v) is 4.93. The highest BCUT2D eigenvalue weighted by Gasteiger charge is 2.13. The average Bonchev–Trinajstić information content (AvgIpc) is 2.66. The van der Waals surface area contributed by atoms with Crippen LogP contribution in [0.4, 0.5) is 5.69 Å². The molecule has 0 spiro atoms. The Balaban J connectivity index is 2.24. The number of carbonyl (C=O) groups excluding carboxylic acids is 3. The fourth-order valence-corrected chi connectivity index (χ4v) is 2.08. The van der Waals surface area contributed by atoms with Crippen LogP contribution >= 0.6 is 0 Å². The van der Waals surface area contributed by atoms with Crippen molar-refractivity contribution in [1.29, 1.82) is 5.26 Å². The van der Waals surface area contributed by atoms with Gasteiger partial charge in [0.1, 0.15) is 0 Å². The molecule has 7 nitrogen and oxygen atoms in total. The summed E-state index contributed by atoms with van der Waals surface area (Å²) in [5, 5.41) is 11.6. The van der Waals surface area contributed by atoms with E-state index in [1.165, 1.54) is 56.7 Å². The Kier molecular flexibility index (Phi) is 5.48. The van der Waals surface area contributed by atoms with Crippen molar-refractivity contribution in [3.63, 3.8) is 0 Å². The number of nitrogens with zero attached hydrogens (tertiary/aromatic N) is 1. The molecule has 0 aliphatic rings. The third-order valence-corrected chi connectivity index (χ3v) is 3.31. The van der Waals surface area contributed by atoms with Gasteiger partial charge in [-0.3, -0.25) is 4.79 Å². The summed E-state index contributed by atoms with van der Waals surface area (Å²) >= 11 is 0. The Labute approximate surface area is 143 Å². The van der Waals surface area contributed by atoms with Gasteiger partial charge in [0, 0.05) is 11.3 Å². The summed E-state index contributed by atoms with van der Waals surface area (Å²) in [6.07, 6.45) is 0. The number of nitrogens with one attached hydrogen (secondary N) is 1. The molecule has 0 aliphatic carbocycles. The number of benzene rings is 2. The van der Waals surface area contributed by atoms with Crippen molar-refractivity contribution in [3.05, 3.63) is 64.7 Å². The predicted octanol–water partition coefficient (Wildman–Crippen LogP) is 2.38. The Morgan fingerprint density at radius 2 is 1.44 bits per heavy atom. The lowest BCUT2D eigenvalue weighted by Gasteiger charge is -2.08. The minimum atomic E-state index is -0.616. The first-order valence-electron chi connectivity index (χ1n) is 7.11. The topological polar surface area (TPSA) is 105 Å². The second-order valence-electron chi connectivity index (χ2n) is 4.93. The third kappa shape index (κ3) is 4.20. The van der Waals surface area contributed by atoms with Gasteiger partial charge >= 0.3 is 11.9 Å². The van der Waals surface area contributed by atoms with Crippen LogP contribution in [0, 0.1) is 11.3 Å². The molecule has 0 fully saturated rings. The molecular formula is C18H14N2O5. The van der Waals surface area contributed by atoms with E-state index in [-0.39, 0.29) is 16.8 Å². The molecule has 0 unspecified atom stereocenters. The summed E-state index contributed by atoms with van der Waals surface area (Å²) in [6, 6.07) is 12.0. The number of hydrogen-bond acceptors (Lipinski definition) is 6. The third-order valence-electron chi connectivity index (χ3n) is 3.31. The average molecular weight is 338 g/mol. The Hall–Kier alpha value is -3.66. The Bertz CT molecular complexity index is 866. The van der Waals surface area contributed by atoms with Crippen LogP contribution in [0.15, 0.2) is 42.5 Å². The Morgan fingerprint density at radius 1 is 0.880 bits per heavy atom. The normalized spacial score (nSPS) is 9.64. The standard InChI is InChI=1S/C18H14N2O5/c1-24-17(22)13-5-3-12(4-6-13)16(21)20-15-8-11(10-19)7-14(9-15)18(23)25-2/h3-9H,1-2H3,(H,20,21). The van der Waals surface area contributed by atoms with Crippen LogP contribution < -0.4 is 5.32 Å². The van der Waals surface area contributed by atoms with Crippen molar-refractivity contribution < 1.29 is 23.9 Å². The van der Waals surface area contributed by atoms with Crippen LogP contribution in [0.3, 0.4) is 0 Å². The molecule has 0 saturated carbocycles. The second kappa shape index (κ2) is 7.75. The largest absolute Gasteiger partial charge is 0.465 e. The van der Waals surface area contributed by atoms with Crippen molar-refractivity contribution in [3.8, 4) is 6.07 Å². The van der Waals surface area contributed by atoms with Gasteiger partial charge in [-0.15, -0.1) is 0 Å². The van der Waals surface area contributed by atoms with Gasteiger partial charge in [0.05, 0.1) is 37.0 Å². The first-order valence-corrected chi connectivity index (χ1v) is 7.11. The number of nitriles is 1. The summed E-state index contributed by atoms with van der Waals surface area (Å²) in [7, 11) is 2.49. The zero-order valence-corrected chi connectivity index (χ0v) is 13.5. The molecule has 25 heavy (non-hydrogen) atoms. The molecule has 2 aromatic carbocycles. The SMILES string of the molecule is COC(=O)c1ccc(C(=O)Nc2cc(C#N)cc(C(=O)OC)c2)cc1. The first kappa shape index (κ1) is 17.7. The number of amides is 1. The van der Waals surface area contributed by atoms with E-state index in [0.717, 1.165) is 0 Å². The summed E-state index contributed by atoms with van der Waals surface area (Å²) in [4.78, 5) is 35.3. The Morgan fingerprint density at radius 3 is 2.00 bits per heavy atom. The molecule has 2 aromatic rings. The van der Waals surface area contributed by atoms with Crippen LogP contribution in [-0.2, 0) is 9.47 Å². The molecule has 1 N–H and O–H groups in total. The predicted molar refractivity (Wildman–Crippen MR) is 88.2 cm³/mol. The molecule has 126 valence electrons. The van der Waals surface area contributed by atoms with E-state index in [4.69, 9.17) is 5.26 Å². The van der Waals surface area contributed by atoms with E-state index in [0.29, 0.717) is 11.1 Å². The van der Waals surface area contributed by atoms with Gasteiger partial charge in [-0.05, 0) is 42.5 Å². The summed E-state index contributed by atoms with van der Waals surface area (Å²) in [5.74, 6) is -1.58. The van der Waals surface area contributed by atoms with E-state index in [9.17, 15) is 14.4 Å². The fourth-order valence-electron chi connectivity index (χ4n) is 2.08. The van der Waals surface area contributed by atoms with Crippen molar-refractivity contribution in [2.75, 3.05) is 19.5 Å². The highest BCUT2D eigenvalue weighted by atomic mass is 16.5. The minimum Gasteiger partial charge on any atom is -0.465 e. The van der Waals surface area contributed by atoms with E-state index >= 15 is 0 Å². The zero-order valence-electron chi connectivity index (χ0n) is 13.5. The van der Waals surface area contributed by atoms with Crippen LogP contribution in [0.5, 0.6) is 0 Å². The van der Waals surface area contributed by atoms with Gasteiger partial charge in [-0.2, -0.15) is 5.26 Å². The first-order chi connectivity index (χ1) is 12.0. The summed E-state index contributed by atoms with van der Waals surface area (Å²) < 4.78 is 9.21. The lowest BCUT2D eigenvalue weighted by atomic mass is 10.1. The van der Waals surface area contributed by atoms with Crippen molar-refractivity contribution in [2.45, 2.75) is 0 Å². The highest BCUT2D eigenvalue weighted by molar-refractivity contribution is 6.05. The molecule has 7 heteroatoms. The molecule has 0 heterocycles. The van der Waals surface area contributed by atoms with Gasteiger partial charge in [-0.1, -0.05) is 0 Å². The van der Waals surface area contributed by atoms with Gasteiger partial charge in [0.2, 0.25) is 0 Å². The molecule has 0 saturated heterocycles. The van der Waals surface area contributed by atoms with Crippen molar-refractivity contribution in [1.82, 2.24) is 0 Å². The molecular weight excluding hydrogens is 324 g/mol. The maximum Gasteiger partial charge on any atom is 0.337 e. The van der Waals surface area contributed by atoms with Gasteiger partial charge in [-0.25, -0.2) is 9.59 Å². The monoisotopic (exact) mass is 338 g/mol. The van der Waals surface area contributed by atoms with Crippen molar-refractivity contribution in [2.24, 2.45) is 0 Å². The van der Waals surface area contributed by atoms with Gasteiger partial charge in [0.15, 0.2) is 0 Å². The van der Waals surface area contributed by atoms with Crippen molar-refractivity contribution >= 4 is 23.5 Å². The zero-order chi connectivity index (χ0) is 18.4. The number of methoxy groups -OCH3 is 2. The van der Waals surface area contributed by atoms with Crippen LogP contribution in [0.2, 0.25) is 0 Å². The fraction of sp³-hybridized carbons (Fsp3) is 0.111. The minimum absolute atomic E-state index is 0.151. The molecule has 2 rings (SSSR count). The number of esters is 2. The van der Waals surface area contributed by atoms with E-state index in [2.05, 4.69) is 14.8 Å². The van der Waals surface area contributed by atoms with Crippen LogP contribution in [0.1, 0.15) is 36.6 Å². The van der Waals surface area contributed by atoms with E-state index < -0.39 is 17.8 Å². The molecule has 0 radical (unpaired) electrons. The number of ether oxygens (including phenoxy) is 2. The van der Waals surface area contributed by atoms with Crippen LogP contribution in [-0.4, -0.2) is 32.1 Å². The number of anilines is 1. The van der Waals surface area contributed by atoms with Crippen LogP contribution in [0.25, 0.3) is 0 Å². The number of rotatable bonds is 4. The molecule has 0 aliphatic heterocycles. The maximum absolute atomic E-state index is 12.3. The van der Waals surface area contributed by atoms with E-state index in [1.807, 2.05) is 6.07 Å². The maximum atomic E-state index is 12.3. The quantitative estimate of drug-likeness (QED) is 0.858. The highest BCUT2D eigenvalue weighted by Crippen LogP contribution is 2.17. The molecule has 0 atom stereocenters. The number of hydrogen-bond donors (Lipinski definition) is 1. The van der Waals surface area contributed by atoms with Gasteiger partial charge in [0.25, 0.3) is 5.91 Å². The van der Waals surface area contributed by atoms with Gasteiger partial charge < -0.3 is 14.8 Å². The summed E-state index contributed by atoms with van der Waals surface area (Å²) in [6.45, 7) is 0. The molecule has 0 bridgehead atoms. The summed E-state index contributed by atoms with van der Waals surface area (Å²) in [5.41, 5.74) is 1.26. The molecule has 0 aromatic heterocycles. The number of carbonyl (C=O) groups is 3. The lowest BCUT2D eigenvalue weighted by Crippen LogP contribution is -2.13. The smallest absolute Gasteiger partial charge is 0.337 e. The lowest BCUT2D eigenvalue weighted by molar-refractivity contribution is 0.0592.